The number of amides is 13. The number of phenolic OH excluding ortho intramolecular Hbond substituents is 1. The second-order valence-corrected chi connectivity index (χ2v) is 25.9. The Morgan fingerprint density at radius 3 is 1.25 bits per heavy atom. The van der Waals surface area contributed by atoms with Gasteiger partial charge in [0.1, 0.15) is 72.2 Å². The number of phenols is 1. The highest BCUT2D eigenvalue weighted by Gasteiger charge is 2.40. The Bertz CT molecular complexity index is 3390. The fourth-order valence-corrected chi connectivity index (χ4v) is 10.2. The van der Waals surface area contributed by atoms with Crippen molar-refractivity contribution >= 4 is 126 Å². The fourth-order valence-electron chi connectivity index (χ4n) is 9.68. The van der Waals surface area contributed by atoms with E-state index in [0.717, 1.165) is 13.8 Å². The Labute approximate surface area is 614 Å². The molecule has 2 rings (SSSR count). The van der Waals surface area contributed by atoms with E-state index in [0.29, 0.717) is 11.1 Å². The lowest BCUT2D eigenvalue weighted by Crippen LogP contribution is -2.64. The first-order valence-electron chi connectivity index (χ1n) is 33.1. The Kier molecular flexibility index (Phi) is 39.1. The molecule has 0 saturated heterocycles. The average Bonchev–Trinajstić information content (AvgIpc) is 0.843. The molecule has 0 radical (unpaired) electrons. The van der Waals surface area contributed by atoms with Crippen molar-refractivity contribution in [3.8, 4) is 5.75 Å². The number of nitrogens with one attached hydrogen (secondary N) is 13. The molecule has 0 aliphatic rings. The number of carboxylic acid groups (broad SMARTS) is 4. The quantitative estimate of drug-likeness (QED) is 0.0274. The average molecular weight is 1520 g/mol. The van der Waals surface area contributed by atoms with E-state index in [1.807, 2.05) is 0 Å². The zero-order chi connectivity index (χ0) is 79.7. The molecule has 105 heavy (non-hydrogen) atoms. The number of benzene rings is 2. The lowest BCUT2D eigenvalue weighted by molar-refractivity contribution is -0.143. The first kappa shape index (κ1) is 90.9. The molecule has 22 N–H and O–H groups in total. The van der Waals surface area contributed by atoms with E-state index in [1.54, 1.807) is 37.3 Å². The van der Waals surface area contributed by atoms with Gasteiger partial charge in [-0.2, -0.15) is 25.3 Å². The van der Waals surface area contributed by atoms with Crippen molar-refractivity contribution in [2.75, 3.05) is 24.6 Å². The van der Waals surface area contributed by atoms with Gasteiger partial charge < -0.3 is 111 Å². The van der Waals surface area contributed by atoms with E-state index >= 15 is 0 Å². The van der Waals surface area contributed by atoms with Crippen LogP contribution in [0.2, 0.25) is 0 Å². The third-order valence-electron chi connectivity index (χ3n) is 15.9. The summed E-state index contributed by atoms with van der Waals surface area (Å²) in [4.78, 5) is 224. The first-order valence-corrected chi connectivity index (χ1v) is 34.3. The number of carbonyl (C=O) groups is 17. The number of aliphatic carboxylic acids is 4. The maximum Gasteiger partial charge on any atom is 0.327 e. The Hall–Kier alpha value is -10.2. The van der Waals surface area contributed by atoms with Crippen LogP contribution in [-0.4, -0.2) is 246 Å². The van der Waals surface area contributed by atoms with Crippen molar-refractivity contribution in [2.24, 2.45) is 23.5 Å². The molecule has 0 aromatic heterocycles. The van der Waals surface area contributed by atoms with E-state index in [1.165, 1.54) is 58.9 Å². The van der Waals surface area contributed by atoms with Gasteiger partial charge in [0.15, 0.2) is 0 Å². The normalized spacial score (nSPS) is 15.4. The number of aliphatic hydroxyl groups excluding tert-OH is 2. The molecule has 0 unspecified atom stereocenters. The van der Waals surface area contributed by atoms with Gasteiger partial charge >= 0.3 is 23.9 Å². The van der Waals surface area contributed by atoms with Crippen LogP contribution in [-0.2, 0) is 94.3 Å². The molecule has 0 spiro atoms. The van der Waals surface area contributed by atoms with Crippen LogP contribution in [0.5, 0.6) is 5.75 Å². The number of carboxylic acids is 4. The minimum Gasteiger partial charge on any atom is -0.508 e. The number of hydrogen-bond acceptors (Lipinski definition) is 23. The molecule has 2 aromatic rings. The highest BCUT2D eigenvalue weighted by atomic mass is 32.1. The topological polar surface area (TPSA) is 614 Å². The largest absolute Gasteiger partial charge is 0.508 e. The molecular formula is C65H96N14O24S2. The summed E-state index contributed by atoms with van der Waals surface area (Å²) < 4.78 is 0. The van der Waals surface area contributed by atoms with Gasteiger partial charge in [-0.3, -0.25) is 76.7 Å². The van der Waals surface area contributed by atoms with Crippen molar-refractivity contribution in [3.63, 3.8) is 0 Å². The van der Waals surface area contributed by atoms with Crippen LogP contribution in [0.3, 0.4) is 0 Å². The Morgan fingerprint density at radius 2 is 0.781 bits per heavy atom. The van der Waals surface area contributed by atoms with Gasteiger partial charge in [-0.1, -0.05) is 90.4 Å². The highest BCUT2D eigenvalue weighted by molar-refractivity contribution is 7.80. The van der Waals surface area contributed by atoms with Crippen LogP contribution >= 0.6 is 25.3 Å². The third kappa shape index (κ3) is 32.2. The number of nitrogens with two attached hydrogens (primary N) is 1. The van der Waals surface area contributed by atoms with E-state index in [4.69, 9.17) is 5.73 Å². The molecule has 0 fully saturated rings. The molecule has 15 atom stereocenters. The molecule has 0 heterocycles. The standard InChI is InChI=1S/C65H96N14O24S2/c1-9-31(6)51(75-45(84)26-68-56(93)40(23-47(87)88)69-44(83)25-67-55(92)38(19-20-46(85)86)70-54(91)37(66)21-35-15-17-36(82)18-16-35)62(99)79-52(32(7)80)63(100)73-42(27-104)59(96)78-53(33(8)81)64(101)77-50(30(4)5)61(98)76-49(29(2)3)60(97)72-41(24-48(89)90)58(95)71-39(22-34-13-11-10-12-14-34)57(94)74-43(28-105)65(102)103/h10-18,29-33,37-43,49-53,80-82,104-105H,9,19-28,66H2,1-8H3,(H,67,92)(H,68,93)(H,69,83)(H,70,91)(H,71,95)(H,72,97)(H,73,100)(H,74,94)(H,75,84)(H,76,98)(H,77,101)(H,78,96)(H,79,99)(H,85,86)(H,87,88)(H,89,90)(H,102,103)/t31-,32+,33+,37-,38-,39-,40-,41-,42-,43-,49-,50-,51-,52-,53-/m0/s1. The van der Waals surface area contributed by atoms with Crippen LogP contribution in [0.1, 0.15) is 98.6 Å². The lowest BCUT2D eigenvalue weighted by atomic mass is 9.97. The fraction of sp³-hybridized carbons (Fsp3) is 0.554. The monoisotopic (exact) mass is 1520 g/mol. The van der Waals surface area contributed by atoms with Crippen LogP contribution in [0.15, 0.2) is 54.6 Å². The predicted octanol–water partition coefficient (Wildman–Crippen LogP) is -6.05. The summed E-state index contributed by atoms with van der Waals surface area (Å²) in [5, 5.41) is 98.9. The SMILES string of the molecule is CC[C@H](C)[C@H](NC(=O)CNC(=O)[C@H](CC(=O)O)NC(=O)CNC(=O)[C@H](CCC(=O)O)NC(=O)[C@@H](N)Cc1ccc(O)cc1)C(=O)N[C@H](C(=O)N[C@@H](CS)C(=O)N[C@H](C(=O)N[C@H](C(=O)N[C@H](C(=O)N[C@@H](CC(=O)O)C(=O)N[C@@H](Cc1ccccc1)C(=O)N[C@@H](CS)C(=O)O)C(C)C)C(C)C)[C@@H](C)O)[C@@H](C)O. The number of aliphatic hydroxyl groups is 2. The number of carbonyl (C=O) groups excluding carboxylic acids is 13. The summed E-state index contributed by atoms with van der Waals surface area (Å²) in [5.41, 5.74) is 7.03. The third-order valence-corrected chi connectivity index (χ3v) is 16.6. The number of aromatic hydroxyl groups is 1. The van der Waals surface area contributed by atoms with Crippen molar-refractivity contribution in [1.29, 1.82) is 0 Å². The maximum absolute atomic E-state index is 14.1. The second-order valence-electron chi connectivity index (χ2n) is 25.2. The lowest BCUT2D eigenvalue weighted by Gasteiger charge is -2.30. The van der Waals surface area contributed by atoms with Crippen LogP contribution in [0.25, 0.3) is 0 Å². The molecule has 582 valence electrons. The number of hydrogen-bond donors (Lipinski definition) is 23. The van der Waals surface area contributed by atoms with E-state index in [-0.39, 0.29) is 30.8 Å². The molecule has 0 aliphatic carbocycles. The summed E-state index contributed by atoms with van der Waals surface area (Å²) in [6, 6.07) is -5.95. The molecule has 38 nitrogen and oxygen atoms in total. The number of thiol groups is 2. The van der Waals surface area contributed by atoms with E-state index in [9.17, 15) is 117 Å². The van der Waals surface area contributed by atoms with Gasteiger partial charge in [0.25, 0.3) is 0 Å². The highest BCUT2D eigenvalue weighted by Crippen LogP contribution is 2.15. The summed E-state index contributed by atoms with van der Waals surface area (Å²) in [6.07, 6.45) is -6.78. The number of rotatable bonds is 46. The summed E-state index contributed by atoms with van der Waals surface area (Å²) in [5.74, 6) is -23.7. The molecule has 40 heteroatoms. The van der Waals surface area contributed by atoms with Gasteiger partial charge in [0, 0.05) is 24.3 Å². The van der Waals surface area contributed by atoms with Gasteiger partial charge in [-0.05, 0) is 67.7 Å². The van der Waals surface area contributed by atoms with Crippen molar-refractivity contribution in [2.45, 2.75) is 185 Å². The maximum atomic E-state index is 14.1. The second kappa shape index (κ2) is 45.1. The van der Waals surface area contributed by atoms with Gasteiger partial charge in [0.05, 0.1) is 44.2 Å². The first-order chi connectivity index (χ1) is 49.1. The summed E-state index contributed by atoms with van der Waals surface area (Å²) in [6.45, 7) is 9.26. The summed E-state index contributed by atoms with van der Waals surface area (Å²) in [7, 11) is 0. The van der Waals surface area contributed by atoms with Crippen molar-refractivity contribution in [1.82, 2.24) is 69.1 Å². The molecule has 0 bridgehead atoms. The molecule has 0 aliphatic heterocycles. The van der Waals surface area contributed by atoms with Crippen molar-refractivity contribution < 1.29 is 117 Å². The van der Waals surface area contributed by atoms with Crippen LogP contribution in [0, 0.1) is 17.8 Å². The Morgan fingerprint density at radius 1 is 0.400 bits per heavy atom. The smallest absolute Gasteiger partial charge is 0.327 e. The van der Waals surface area contributed by atoms with Gasteiger partial charge in [-0.15, -0.1) is 0 Å². The molecule has 2 aromatic carbocycles. The van der Waals surface area contributed by atoms with Crippen LogP contribution < -0.4 is 74.9 Å². The van der Waals surface area contributed by atoms with E-state index < -0.39 is 248 Å². The van der Waals surface area contributed by atoms with Crippen molar-refractivity contribution in [3.05, 3.63) is 65.7 Å². The van der Waals surface area contributed by atoms with E-state index in [2.05, 4.69) is 94.4 Å². The van der Waals surface area contributed by atoms with Gasteiger partial charge in [-0.25, -0.2) is 4.79 Å². The Balaban J connectivity index is 2.20. The zero-order valence-electron chi connectivity index (χ0n) is 58.8. The van der Waals surface area contributed by atoms with Gasteiger partial charge in [0.2, 0.25) is 76.8 Å². The molecular weight excluding hydrogens is 1420 g/mol. The minimum atomic E-state index is -1.90. The van der Waals surface area contributed by atoms with Crippen LogP contribution in [0.4, 0.5) is 0 Å². The molecule has 13 amide bonds. The molecule has 0 saturated carbocycles. The summed E-state index contributed by atoms with van der Waals surface area (Å²) >= 11 is 8.09. The zero-order valence-corrected chi connectivity index (χ0v) is 60.6. The predicted molar refractivity (Wildman–Crippen MR) is 376 cm³/mol. The minimum absolute atomic E-state index is 0.0517.